The molecule has 0 aromatic rings. The van der Waals surface area contributed by atoms with Crippen molar-refractivity contribution in [3.05, 3.63) is 0 Å². The maximum absolute atomic E-state index is 11.1. The Balaban J connectivity index is 0.00000121. The number of rotatable bonds is 0. The number of hydrogen-bond acceptors (Lipinski definition) is 4. The van der Waals surface area contributed by atoms with E-state index in [1.54, 1.807) is 0 Å². The van der Waals surface area contributed by atoms with Gasteiger partial charge in [-0.15, -0.1) is 0 Å². The van der Waals surface area contributed by atoms with E-state index >= 15 is 0 Å². The molecule has 0 saturated carbocycles. The minimum atomic E-state index is -2.83. The summed E-state index contributed by atoms with van der Waals surface area (Å²) in [7, 11) is -2.83. The van der Waals surface area contributed by atoms with Gasteiger partial charge in [0.25, 0.3) is 9.05 Å². The fraction of sp³-hybridized carbons (Fsp3) is 1.00. The molecule has 6 heteroatoms. The first-order valence-corrected chi connectivity index (χ1v) is 6.08. The van der Waals surface area contributed by atoms with Gasteiger partial charge in [-0.1, -0.05) is 12.8 Å². The standard InChI is InChI=1S/C6H12O3S2.Na/c7-11(10)8-5-3-1-2-4-6-9-11;/h1-6H2;. The topological polar surface area (TPSA) is 35.5 Å². The van der Waals surface area contributed by atoms with Gasteiger partial charge in [0.1, 0.15) is 0 Å². The van der Waals surface area contributed by atoms with Crippen molar-refractivity contribution in [2.45, 2.75) is 25.7 Å². The summed E-state index contributed by atoms with van der Waals surface area (Å²) in [5.74, 6) is 0. The van der Waals surface area contributed by atoms with Crippen molar-refractivity contribution in [1.29, 1.82) is 0 Å². The molecule has 1 aliphatic heterocycles. The van der Waals surface area contributed by atoms with E-state index in [-0.39, 0.29) is 29.6 Å². The first-order valence-electron chi connectivity index (χ1n) is 3.74. The molecule has 0 unspecified atom stereocenters. The van der Waals surface area contributed by atoms with Gasteiger partial charge in [0.15, 0.2) is 0 Å². The van der Waals surface area contributed by atoms with Crippen LogP contribution in [0.3, 0.4) is 0 Å². The second-order valence-electron chi connectivity index (χ2n) is 2.47. The molecule has 1 rings (SSSR count). The molecule has 67 valence electrons. The molecule has 1 aliphatic rings. The Morgan fingerprint density at radius 1 is 1.00 bits per heavy atom. The third-order valence-corrected chi connectivity index (χ3v) is 2.98. The smallest absolute Gasteiger partial charge is 0.269 e. The molecule has 0 spiro atoms. The van der Waals surface area contributed by atoms with E-state index in [0.29, 0.717) is 13.2 Å². The maximum Gasteiger partial charge on any atom is 0.269 e. The zero-order valence-corrected chi connectivity index (χ0v) is 10.9. The molecule has 0 aliphatic carbocycles. The van der Waals surface area contributed by atoms with Gasteiger partial charge >= 0.3 is 0 Å². The van der Waals surface area contributed by atoms with Crippen molar-refractivity contribution in [1.82, 2.24) is 0 Å². The second kappa shape index (κ2) is 6.70. The molecular weight excluding hydrogens is 207 g/mol. The van der Waals surface area contributed by atoms with Crippen LogP contribution in [-0.4, -0.2) is 47.0 Å². The monoisotopic (exact) mass is 219 g/mol. The van der Waals surface area contributed by atoms with Crippen molar-refractivity contribution in [2.75, 3.05) is 13.2 Å². The normalized spacial score (nSPS) is 24.3. The minimum Gasteiger partial charge on any atom is -0.270 e. The predicted molar refractivity (Wildman–Crippen MR) is 51.6 cm³/mol. The van der Waals surface area contributed by atoms with E-state index in [1.165, 1.54) is 0 Å². The summed E-state index contributed by atoms with van der Waals surface area (Å²) in [5.41, 5.74) is 0. The molecule has 0 N–H and O–H groups in total. The Kier molecular flexibility index (Phi) is 7.42. The molecular formula is C6H12NaO3S2. The van der Waals surface area contributed by atoms with Gasteiger partial charge < -0.3 is 0 Å². The van der Waals surface area contributed by atoms with E-state index in [1.807, 2.05) is 0 Å². The molecule has 12 heavy (non-hydrogen) atoms. The largest absolute Gasteiger partial charge is 0.270 e. The van der Waals surface area contributed by atoms with Gasteiger partial charge in [-0.05, 0) is 12.8 Å². The second-order valence-corrected chi connectivity index (χ2v) is 4.98. The molecule has 0 aromatic carbocycles. The third-order valence-electron chi connectivity index (χ3n) is 1.49. The molecule has 0 aromatic heterocycles. The van der Waals surface area contributed by atoms with Crippen LogP contribution < -0.4 is 0 Å². The summed E-state index contributed by atoms with van der Waals surface area (Å²) in [6, 6.07) is 0. The van der Waals surface area contributed by atoms with Crippen molar-refractivity contribution in [3.8, 4) is 0 Å². The molecule has 1 heterocycles. The predicted octanol–water partition coefficient (Wildman–Crippen LogP) is 0.789. The van der Waals surface area contributed by atoms with E-state index in [0.717, 1.165) is 25.7 Å². The van der Waals surface area contributed by atoms with Crippen LogP contribution in [0.15, 0.2) is 0 Å². The Hall–Kier alpha value is 1.29. The average molecular weight is 219 g/mol. The van der Waals surface area contributed by atoms with Crippen LogP contribution >= 0.6 is 0 Å². The molecule has 3 nitrogen and oxygen atoms in total. The fourth-order valence-electron chi connectivity index (χ4n) is 0.914. The van der Waals surface area contributed by atoms with Gasteiger partial charge in [0.2, 0.25) is 0 Å². The summed E-state index contributed by atoms with van der Waals surface area (Å²) >= 11 is 4.59. The van der Waals surface area contributed by atoms with Crippen molar-refractivity contribution >= 4 is 49.8 Å². The molecule has 0 amide bonds. The van der Waals surface area contributed by atoms with Gasteiger partial charge in [0, 0.05) is 40.7 Å². The summed E-state index contributed by atoms with van der Waals surface area (Å²) in [6.07, 6.45) is 4.07. The SMILES string of the molecule is O=S1(=S)OCCCCCCO1.[Na]. The zero-order chi connectivity index (χ0) is 8.16. The summed E-state index contributed by atoms with van der Waals surface area (Å²) in [4.78, 5) is 0. The molecule has 1 fully saturated rings. The van der Waals surface area contributed by atoms with E-state index in [2.05, 4.69) is 11.2 Å². The van der Waals surface area contributed by atoms with Gasteiger partial charge in [-0.2, -0.15) is 4.21 Å². The van der Waals surface area contributed by atoms with Crippen LogP contribution in [0.5, 0.6) is 0 Å². The van der Waals surface area contributed by atoms with Gasteiger partial charge in [0.05, 0.1) is 13.2 Å². The molecule has 0 bridgehead atoms. The van der Waals surface area contributed by atoms with Gasteiger partial charge in [-0.25, -0.2) is 0 Å². The van der Waals surface area contributed by atoms with Crippen LogP contribution in [0.25, 0.3) is 0 Å². The van der Waals surface area contributed by atoms with E-state index in [9.17, 15) is 4.21 Å². The molecule has 1 radical (unpaired) electrons. The van der Waals surface area contributed by atoms with Gasteiger partial charge in [-0.3, -0.25) is 8.37 Å². The fourth-order valence-corrected chi connectivity index (χ4v) is 2.03. The first-order chi connectivity index (χ1) is 5.21. The Morgan fingerprint density at radius 3 is 1.83 bits per heavy atom. The summed E-state index contributed by atoms with van der Waals surface area (Å²) in [6.45, 7) is 0.921. The van der Waals surface area contributed by atoms with Crippen LogP contribution in [0.4, 0.5) is 0 Å². The minimum absolute atomic E-state index is 0. The Labute approximate surface area is 101 Å². The van der Waals surface area contributed by atoms with Crippen molar-refractivity contribution in [3.63, 3.8) is 0 Å². The van der Waals surface area contributed by atoms with Crippen LogP contribution in [0.2, 0.25) is 0 Å². The van der Waals surface area contributed by atoms with Crippen LogP contribution in [0, 0.1) is 0 Å². The van der Waals surface area contributed by atoms with E-state index < -0.39 is 9.05 Å². The molecule has 1 saturated heterocycles. The quantitative estimate of drug-likeness (QED) is 0.564. The Bertz CT molecular complexity index is 187. The van der Waals surface area contributed by atoms with Crippen molar-refractivity contribution < 1.29 is 12.6 Å². The maximum atomic E-state index is 11.1. The molecule has 0 atom stereocenters. The Morgan fingerprint density at radius 2 is 1.42 bits per heavy atom. The van der Waals surface area contributed by atoms with Crippen LogP contribution in [0.1, 0.15) is 25.7 Å². The summed E-state index contributed by atoms with van der Waals surface area (Å²) in [5, 5.41) is 0. The van der Waals surface area contributed by atoms with Crippen molar-refractivity contribution in [2.24, 2.45) is 0 Å². The number of hydrogen-bond donors (Lipinski definition) is 0. The van der Waals surface area contributed by atoms with Crippen LogP contribution in [-0.2, 0) is 28.6 Å². The first kappa shape index (κ1) is 13.3. The zero-order valence-electron chi connectivity index (χ0n) is 7.28. The summed E-state index contributed by atoms with van der Waals surface area (Å²) < 4.78 is 20.8. The van der Waals surface area contributed by atoms with E-state index in [4.69, 9.17) is 8.37 Å². The average Bonchev–Trinajstić information content (AvgIpc) is 2.00. The third kappa shape index (κ3) is 5.85.